The predicted molar refractivity (Wildman–Crippen MR) is 80.3 cm³/mol. The summed E-state index contributed by atoms with van der Waals surface area (Å²) in [6, 6.07) is -2.97. The maximum Gasteiger partial charge on any atom is 0.334 e. The lowest BCUT2D eigenvalue weighted by molar-refractivity contribution is -0.163. The van der Waals surface area contributed by atoms with E-state index in [1.807, 2.05) is 13.8 Å². The molecule has 0 rings (SSSR count). The van der Waals surface area contributed by atoms with Crippen LogP contribution in [0.25, 0.3) is 0 Å². The Morgan fingerprint density at radius 1 is 0.909 bits per heavy atom. The zero-order chi connectivity index (χ0) is 17.4. The molecule has 8 heteroatoms. The second-order valence-corrected chi connectivity index (χ2v) is 5.66. The molecule has 0 spiro atoms. The van der Waals surface area contributed by atoms with Gasteiger partial charge in [0, 0.05) is 0 Å². The lowest BCUT2D eigenvalue weighted by atomic mass is 10.0. The SMILES string of the molecule is CC[C@H](C)[C@H](N)C(=O)OC[C@H](N)C(=O)OC(=O)[C@@H](N)C(C)C. The summed E-state index contributed by atoms with van der Waals surface area (Å²) in [6.07, 6.45) is 0.714. The van der Waals surface area contributed by atoms with Gasteiger partial charge in [0.2, 0.25) is 0 Å². The number of rotatable bonds is 8. The minimum absolute atomic E-state index is 0.0544. The van der Waals surface area contributed by atoms with E-state index in [2.05, 4.69) is 4.74 Å². The van der Waals surface area contributed by atoms with E-state index >= 15 is 0 Å². The van der Waals surface area contributed by atoms with E-state index in [1.54, 1.807) is 13.8 Å². The molecule has 0 amide bonds. The third kappa shape index (κ3) is 6.50. The van der Waals surface area contributed by atoms with Gasteiger partial charge in [0.15, 0.2) is 0 Å². The predicted octanol–water partition coefficient (Wildman–Crippen LogP) is -0.717. The normalized spacial score (nSPS) is 16.5. The van der Waals surface area contributed by atoms with Gasteiger partial charge in [-0.15, -0.1) is 0 Å². The van der Waals surface area contributed by atoms with Crippen LogP contribution in [0.2, 0.25) is 0 Å². The summed E-state index contributed by atoms with van der Waals surface area (Å²) in [5.74, 6) is -2.74. The molecule has 0 saturated carbocycles. The van der Waals surface area contributed by atoms with E-state index in [9.17, 15) is 14.4 Å². The molecule has 0 heterocycles. The molecule has 4 atom stereocenters. The molecule has 6 N–H and O–H groups in total. The second-order valence-electron chi connectivity index (χ2n) is 5.66. The molecule has 0 aromatic carbocycles. The highest BCUT2D eigenvalue weighted by Crippen LogP contribution is 2.07. The van der Waals surface area contributed by atoms with Gasteiger partial charge < -0.3 is 26.7 Å². The van der Waals surface area contributed by atoms with Crippen LogP contribution in [0, 0.1) is 11.8 Å². The third-order valence-electron chi connectivity index (χ3n) is 3.43. The Hall–Kier alpha value is -1.51. The fraction of sp³-hybridized carbons (Fsp3) is 0.786. The fourth-order valence-electron chi connectivity index (χ4n) is 1.34. The monoisotopic (exact) mass is 317 g/mol. The van der Waals surface area contributed by atoms with Crippen molar-refractivity contribution >= 4 is 17.9 Å². The molecule has 0 aliphatic heterocycles. The second kappa shape index (κ2) is 9.50. The van der Waals surface area contributed by atoms with Gasteiger partial charge in [-0.3, -0.25) is 4.79 Å². The van der Waals surface area contributed by atoms with Crippen molar-refractivity contribution < 1.29 is 23.9 Å². The maximum absolute atomic E-state index is 11.6. The maximum atomic E-state index is 11.6. The lowest BCUT2D eigenvalue weighted by Crippen LogP contribution is -2.45. The third-order valence-corrected chi connectivity index (χ3v) is 3.43. The van der Waals surface area contributed by atoms with E-state index in [-0.39, 0.29) is 11.8 Å². The van der Waals surface area contributed by atoms with Crippen molar-refractivity contribution in [1.82, 2.24) is 0 Å². The molecular formula is C14H27N3O5. The highest BCUT2D eigenvalue weighted by Gasteiger charge is 2.27. The zero-order valence-corrected chi connectivity index (χ0v) is 13.6. The van der Waals surface area contributed by atoms with Crippen LogP contribution < -0.4 is 17.2 Å². The van der Waals surface area contributed by atoms with Gasteiger partial charge in [-0.05, 0) is 11.8 Å². The summed E-state index contributed by atoms with van der Waals surface area (Å²) in [4.78, 5) is 34.8. The number of nitrogens with two attached hydrogens (primary N) is 3. The van der Waals surface area contributed by atoms with Crippen LogP contribution in [0.5, 0.6) is 0 Å². The first kappa shape index (κ1) is 20.5. The molecule has 22 heavy (non-hydrogen) atoms. The highest BCUT2D eigenvalue weighted by atomic mass is 16.6. The Labute approximate surface area is 130 Å². The Balaban J connectivity index is 4.32. The molecule has 0 aliphatic rings. The largest absolute Gasteiger partial charge is 0.462 e. The summed E-state index contributed by atoms with van der Waals surface area (Å²) < 4.78 is 9.41. The van der Waals surface area contributed by atoms with Gasteiger partial charge in [0.25, 0.3) is 0 Å². The van der Waals surface area contributed by atoms with E-state index in [0.29, 0.717) is 6.42 Å². The van der Waals surface area contributed by atoms with Gasteiger partial charge in [-0.1, -0.05) is 34.1 Å². The molecule has 0 aliphatic carbocycles. The average molecular weight is 317 g/mol. The Morgan fingerprint density at radius 2 is 1.45 bits per heavy atom. The molecule has 0 radical (unpaired) electrons. The smallest absolute Gasteiger partial charge is 0.334 e. The van der Waals surface area contributed by atoms with Crippen LogP contribution in [0.1, 0.15) is 34.1 Å². The van der Waals surface area contributed by atoms with E-state index < -0.39 is 42.6 Å². The van der Waals surface area contributed by atoms with Crippen molar-refractivity contribution in [2.75, 3.05) is 6.61 Å². The molecule has 8 nitrogen and oxygen atoms in total. The Kier molecular flexibility index (Phi) is 8.84. The number of hydrogen-bond donors (Lipinski definition) is 3. The summed E-state index contributed by atoms with van der Waals surface area (Å²) in [7, 11) is 0. The quantitative estimate of drug-likeness (QED) is 0.392. The van der Waals surface area contributed by atoms with E-state index in [1.165, 1.54) is 0 Å². The van der Waals surface area contributed by atoms with Crippen molar-refractivity contribution in [1.29, 1.82) is 0 Å². The number of carbonyl (C=O) groups is 3. The van der Waals surface area contributed by atoms with Crippen molar-refractivity contribution in [3.05, 3.63) is 0 Å². The minimum atomic E-state index is -1.27. The van der Waals surface area contributed by atoms with Crippen molar-refractivity contribution in [2.45, 2.75) is 52.2 Å². The van der Waals surface area contributed by atoms with Crippen LogP contribution in [0.4, 0.5) is 0 Å². The van der Waals surface area contributed by atoms with Gasteiger partial charge in [-0.25, -0.2) is 9.59 Å². The fourth-order valence-corrected chi connectivity index (χ4v) is 1.34. The first-order valence-corrected chi connectivity index (χ1v) is 7.30. The summed E-state index contributed by atoms with van der Waals surface area (Å²) in [6.45, 7) is 6.73. The number of hydrogen-bond acceptors (Lipinski definition) is 8. The van der Waals surface area contributed by atoms with Gasteiger partial charge in [0.1, 0.15) is 24.7 Å². The summed E-state index contributed by atoms with van der Waals surface area (Å²) in [5, 5.41) is 0. The molecule has 0 bridgehead atoms. The minimum Gasteiger partial charge on any atom is -0.462 e. The van der Waals surface area contributed by atoms with Crippen molar-refractivity contribution in [3.63, 3.8) is 0 Å². The molecule has 0 unspecified atom stereocenters. The standard InChI is InChI=1S/C14H27N3O5/c1-5-8(4)11(17)13(19)21-6-9(15)12(18)22-14(20)10(16)7(2)3/h7-11H,5-6,15-17H2,1-4H3/t8-,9-,10-,11-/m0/s1. The van der Waals surface area contributed by atoms with Crippen LogP contribution in [0.15, 0.2) is 0 Å². The van der Waals surface area contributed by atoms with E-state index in [4.69, 9.17) is 21.9 Å². The van der Waals surface area contributed by atoms with Crippen LogP contribution in [-0.4, -0.2) is 42.6 Å². The van der Waals surface area contributed by atoms with Gasteiger partial charge in [-0.2, -0.15) is 0 Å². The molecule has 0 fully saturated rings. The first-order valence-electron chi connectivity index (χ1n) is 7.30. The summed E-state index contributed by atoms with van der Waals surface area (Å²) in [5.41, 5.74) is 16.7. The number of esters is 3. The van der Waals surface area contributed by atoms with Gasteiger partial charge >= 0.3 is 17.9 Å². The highest BCUT2D eigenvalue weighted by molar-refractivity contribution is 5.91. The zero-order valence-electron chi connectivity index (χ0n) is 13.6. The van der Waals surface area contributed by atoms with Crippen molar-refractivity contribution in [2.24, 2.45) is 29.0 Å². The average Bonchev–Trinajstić information content (AvgIpc) is 2.49. The number of carbonyl (C=O) groups excluding carboxylic acids is 3. The Morgan fingerprint density at radius 3 is 1.91 bits per heavy atom. The van der Waals surface area contributed by atoms with Crippen LogP contribution in [0.3, 0.4) is 0 Å². The number of ether oxygens (including phenoxy) is 2. The molecule has 0 aromatic heterocycles. The Bertz CT molecular complexity index is 400. The first-order chi connectivity index (χ1) is 10.1. The van der Waals surface area contributed by atoms with Crippen LogP contribution in [-0.2, 0) is 23.9 Å². The molecule has 0 aromatic rings. The molecule has 0 saturated heterocycles. The van der Waals surface area contributed by atoms with Crippen molar-refractivity contribution in [3.8, 4) is 0 Å². The molecule has 128 valence electrons. The topological polar surface area (TPSA) is 148 Å². The van der Waals surface area contributed by atoms with E-state index in [0.717, 1.165) is 0 Å². The molecular weight excluding hydrogens is 290 g/mol. The van der Waals surface area contributed by atoms with Crippen LogP contribution >= 0.6 is 0 Å². The van der Waals surface area contributed by atoms with Gasteiger partial charge in [0.05, 0.1) is 0 Å². The lowest BCUT2D eigenvalue weighted by Gasteiger charge is -2.18. The summed E-state index contributed by atoms with van der Waals surface area (Å²) >= 11 is 0.